The van der Waals surface area contributed by atoms with Crippen LogP contribution in [0.4, 0.5) is 17.5 Å². The molecular weight excluding hydrogens is 440 g/mol. The summed E-state index contributed by atoms with van der Waals surface area (Å²) in [6.45, 7) is 1.11. The van der Waals surface area contributed by atoms with Crippen molar-refractivity contribution < 1.29 is 24.6 Å². The Morgan fingerprint density at radius 3 is 2.62 bits per heavy atom. The van der Waals surface area contributed by atoms with E-state index in [1.807, 2.05) is 0 Å². The van der Waals surface area contributed by atoms with Gasteiger partial charge in [0, 0.05) is 36.0 Å². The number of amides is 1. The quantitative estimate of drug-likeness (QED) is 0.272. The van der Waals surface area contributed by atoms with E-state index in [-0.39, 0.29) is 35.2 Å². The smallest absolute Gasteiger partial charge is 0.326 e. The number of carboxylic acid groups (broad SMARTS) is 2. The van der Waals surface area contributed by atoms with Gasteiger partial charge in [0.1, 0.15) is 16.8 Å². The van der Waals surface area contributed by atoms with Crippen LogP contribution in [0.2, 0.25) is 0 Å². The third-order valence-corrected chi connectivity index (χ3v) is 5.89. The maximum atomic E-state index is 12.3. The summed E-state index contributed by atoms with van der Waals surface area (Å²) in [7, 11) is 0. The van der Waals surface area contributed by atoms with Crippen molar-refractivity contribution in [2.75, 3.05) is 29.5 Å². The number of nitrogens with one attached hydrogen (secondary N) is 4. The third-order valence-electron chi connectivity index (χ3n) is 4.61. The number of anilines is 3. The molecule has 0 fully saturated rings. The number of nitrogen functional groups attached to an aromatic ring is 1. The first-order chi connectivity index (χ1) is 15.2. The highest BCUT2D eigenvalue weighted by Gasteiger charge is 2.24. The molecular formula is C19H22N6O6S. The zero-order chi connectivity index (χ0) is 23.3. The van der Waals surface area contributed by atoms with Crippen molar-refractivity contribution in [2.45, 2.75) is 29.0 Å². The first-order valence-corrected chi connectivity index (χ1v) is 10.5. The molecule has 1 aromatic carbocycles. The minimum absolute atomic E-state index is 0.0440. The van der Waals surface area contributed by atoms with Crippen LogP contribution in [0.5, 0.6) is 0 Å². The highest BCUT2D eigenvalue weighted by Crippen LogP contribution is 2.31. The average Bonchev–Trinajstić information content (AvgIpc) is 2.75. The maximum Gasteiger partial charge on any atom is 0.326 e. The number of rotatable bonds is 9. The summed E-state index contributed by atoms with van der Waals surface area (Å²) in [5.74, 6) is -2.52. The summed E-state index contributed by atoms with van der Waals surface area (Å²) in [5, 5.41) is 26.5. The summed E-state index contributed by atoms with van der Waals surface area (Å²) in [6, 6.07) is 5.13. The van der Waals surface area contributed by atoms with Crippen molar-refractivity contribution >= 4 is 47.1 Å². The minimum Gasteiger partial charge on any atom is -0.481 e. The minimum atomic E-state index is -1.30. The largest absolute Gasteiger partial charge is 0.481 e. The number of aromatic nitrogens is 2. The zero-order valence-electron chi connectivity index (χ0n) is 16.8. The predicted octanol–water partition coefficient (Wildman–Crippen LogP) is 0.398. The molecule has 8 N–H and O–H groups in total. The SMILES string of the molecule is Nc1nc2c(c(=O)[nH]1)S[C@@H](CNc1ccc(C(=O)N[C@@H](CCC(=O)O)C(=O)O)cc1)CN2. The second-order valence-electron chi connectivity index (χ2n) is 7.00. The van der Waals surface area contributed by atoms with E-state index >= 15 is 0 Å². The van der Waals surface area contributed by atoms with E-state index in [0.717, 1.165) is 5.69 Å². The third kappa shape index (κ3) is 5.91. The fourth-order valence-corrected chi connectivity index (χ4v) is 4.03. The zero-order valence-corrected chi connectivity index (χ0v) is 17.6. The molecule has 0 saturated heterocycles. The lowest BCUT2D eigenvalue weighted by molar-refractivity contribution is -0.140. The molecule has 1 aromatic heterocycles. The van der Waals surface area contributed by atoms with Gasteiger partial charge in [0.15, 0.2) is 0 Å². The summed E-state index contributed by atoms with van der Waals surface area (Å²) < 4.78 is 0. The number of aromatic amines is 1. The molecule has 0 spiro atoms. The molecule has 2 atom stereocenters. The van der Waals surface area contributed by atoms with E-state index < -0.39 is 23.9 Å². The number of nitrogens with two attached hydrogens (primary N) is 1. The standard InChI is InChI=1S/C19H22N6O6S/c20-19-24-15-14(17(29)25-19)32-11(8-22-15)7-21-10-3-1-9(2-4-10)16(28)23-12(18(30)31)5-6-13(26)27/h1-4,11-12,21H,5-8H2,(H,23,28)(H,26,27)(H,30,31)(H4,20,22,24,25,29)/t11-,12-/m0/s1. The molecule has 13 heteroatoms. The molecule has 32 heavy (non-hydrogen) atoms. The van der Waals surface area contributed by atoms with Gasteiger partial charge in [-0.3, -0.25) is 19.4 Å². The lowest BCUT2D eigenvalue weighted by Gasteiger charge is -2.24. The van der Waals surface area contributed by atoms with Crippen molar-refractivity contribution in [1.29, 1.82) is 0 Å². The van der Waals surface area contributed by atoms with Gasteiger partial charge in [-0.15, -0.1) is 11.8 Å². The lowest BCUT2D eigenvalue weighted by Crippen LogP contribution is -2.41. The number of carbonyl (C=O) groups is 3. The molecule has 0 saturated carbocycles. The second kappa shape index (κ2) is 10.0. The van der Waals surface area contributed by atoms with Crippen LogP contribution in [-0.2, 0) is 9.59 Å². The predicted molar refractivity (Wildman–Crippen MR) is 118 cm³/mol. The van der Waals surface area contributed by atoms with E-state index in [0.29, 0.717) is 23.8 Å². The van der Waals surface area contributed by atoms with E-state index in [1.54, 1.807) is 12.1 Å². The summed E-state index contributed by atoms with van der Waals surface area (Å²) in [5.41, 5.74) is 6.23. The number of benzene rings is 1. The van der Waals surface area contributed by atoms with Crippen LogP contribution < -0.4 is 27.2 Å². The summed E-state index contributed by atoms with van der Waals surface area (Å²) in [6.07, 6.45) is -0.578. The van der Waals surface area contributed by atoms with Gasteiger partial charge in [0.25, 0.3) is 11.5 Å². The second-order valence-corrected chi connectivity index (χ2v) is 8.32. The Kier molecular flexibility index (Phi) is 7.20. The molecule has 0 unspecified atom stereocenters. The van der Waals surface area contributed by atoms with Gasteiger partial charge < -0.3 is 31.9 Å². The Balaban J connectivity index is 1.54. The van der Waals surface area contributed by atoms with Gasteiger partial charge in [-0.25, -0.2) is 4.79 Å². The molecule has 1 amide bonds. The molecule has 0 aliphatic carbocycles. The van der Waals surface area contributed by atoms with Gasteiger partial charge in [-0.05, 0) is 30.7 Å². The number of hydrogen-bond donors (Lipinski definition) is 7. The molecule has 0 bridgehead atoms. The first-order valence-electron chi connectivity index (χ1n) is 9.62. The summed E-state index contributed by atoms with van der Waals surface area (Å²) in [4.78, 5) is 53.2. The molecule has 2 aromatic rings. The Labute approximate surface area is 186 Å². The van der Waals surface area contributed by atoms with Crippen molar-refractivity contribution in [1.82, 2.24) is 15.3 Å². The van der Waals surface area contributed by atoms with Crippen LogP contribution in [0, 0.1) is 0 Å². The Bertz CT molecular complexity index is 1070. The molecule has 0 radical (unpaired) electrons. The van der Waals surface area contributed by atoms with Gasteiger partial charge in [0.2, 0.25) is 5.95 Å². The highest BCUT2D eigenvalue weighted by molar-refractivity contribution is 8.00. The van der Waals surface area contributed by atoms with Crippen molar-refractivity contribution in [3.8, 4) is 0 Å². The van der Waals surface area contributed by atoms with E-state index in [4.69, 9.17) is 15.9 Å². The molecule has 2 heterocycles. The fraction of sp³-hybridized carbons (Fsp3) is 0.316. The monoisotopic (exact) mass is 462 g/mol. The molecule has 1 aliphatic rings. The van der Waals surface area contributed by atoms with Crippen molar-refractivity contribution in [3.63, 3.8) is 0 Å². The number of fused-ring (bicyclic) bond motifs is 1. The van der Waals surface area contributed by atoms with E-state index in [2.05, 4.69) is 25.9 Å². The fourth-order valence-electron chi connectivity index (χ4n) is 2.98. The maximum absolute atomic E-state index is 12.3. The van der Waals surface area contributed by atoms with Crippen molar-refractivity contribution in [2.24, 2.45) is 0 Å². The van der Waals surface area contributed by atoms with E-state index in [9.17, 15) is 19.2 Å². The van der Waals surface area contributed by atoms with E-state index in [1.165, 1.54) is 23.9 Å². The lowest BCUT2D eigenvalue weighted by atomic mass is 10.1. The molecule has 1 aliphatic heterocycles. The van der Waals surface area contributed by atoms with Gasteiger partial charge in [0.05, 0.1) is 0 Å². The number of carbonyl (C=O) groups excluding carboxylic acids is 1. The van der Waals surface area contributed by atoms with Crippen molar-refractivity contribution in [3.05, 3.63) is 40.2 Å². The Morgan fingerprint density at radius 2 is 1.97 bits per heavy atom. The number of H-pyrrole nitrogens is 1. The topological polar surface area (TPSA) is 200 Å². The summed E-state index contributed by atoms with van der Waals surface area (Å²) >= 11 is 1.39. The van der Waals surface area contributed by atoms with Crippen LogP contribution in [0.15, 0.2) is 34.0 Å². The first kappa shape index (κ1) is 22.9. The van der Waals surface area contributed by atoms with Gasteiger partial charge in [-0.1, -0.05) is 0 Å². The van der Waals surface area contributed by atoms with Crippen LogP contribution in [0.1, 0.15) is 23.2 Å². The molecule has 170 valence electrons. The van der Waals surface area contributed by atoms with Gasteiger partial charge in [-0.2, -0.15) is 4.98 Å². The van der Waals surface area contributed by atoms with Crippen LogP contribution >= 0.6 is 11.8 Å². The number of aliphatic carboxylic acids is 2. The number of carboxylic acids is 2. The number of thioether (sulfide) groups is 1. The van der Waals surface area contributed by atoms with Gasteiger partial charge >= 0.3 is 11.9 Å². The molecule has 12 nitrogen and oxygen atoms in total. The van der Waals surface area contributed by atoms with Crippen LogP contribution in [0.25, 0.3) is 0 Å². The highest BCUT2D eigenvalue weighted by atomic mass is 32.2. The van der Waals surface area contributed by atoms with Crippen LogP contribution in [0.3, 0.4) is 0 Å². The normalized spacial score (nSPS) is 15.7. The number of hydrogen-bond acceptors (Lipinski definition) is 9. The Morgan fingerprint density at radius 1 is 1.25 bits per heavy atom. The van der Waals surface area contributed by atoms with Crippen LogP contribution in [-0.4, -0.2) is 62.4 Å². The average molecular weight is 462 g/mol. The molecule has 3 rings (SSSR count). The Hall–Kier alpha value is -3.74. The number of nitrogens with zero attached hydrogens (tertiary/aromatic N) is 1.